The quantitative estimate of drug-likeness (QED) is 0.186. The van der Waals surface area contributed by atoms with Crippen LogP contribution in [0.1, 0.15) is 58.1 Å². The van der Waals surface area contributed by atoms with Crippen molar-refractivity contribution in [3.63, 3.8) is 0 Å². The number of aliphatic hydroxyl groups is 3. The molecule has 5 fully saturated rings. The highest BCUT2D eigenvalue weighted by Gasteiger charge is 2.58. The van der Waals surface area contributed by atoms with Crippen LogP contribution < -0.4 is 14.5 Å². The zero-order valence-corrected chi connectivity index (χ0v) is 37.4. The molecule has 22 heteroatoms. The highest BCUT2D eigenvalue weighted by Crippen LogP contribution is 2.50. The van der Waals surface area contributed by atoms with Crippen molar-refractivity contribution in [3.05, 3.63) is 87.9 Å². The maximum absolute atomic E-state index is 14.1. The SMILES string of the molecule is CC1(C)OC2C(O1)[C@@H](CO)O[C@H]2n1cnc2c(N3CC4(Cc5cc(OC6C(O)[C@@H](CO)O[C@H]6n6cnc7c(N8CC9(Cc%10ccccc%10C9=O)C8)nc(Cl)nc76)ccc5C4=O)C3)nc(Cl)nc21. The van der Waals surface area contributed by atoms with Crippen molar-refractivity contribution in [1.82, 2.24) is 39.0 Å². The monoisotopic (exact) mass is 952 g/mol. The summed E-state index contributed by atoms with van der Waals surface area (Å²) in [6.45, 7) is 4.43. The Bertz CT molecular complexity index is 3080. The normalized spacial score (nSPS) is 29.6. The average molecular weight is 954 g/mol. The van der Waals surface area contributed by atoms with Gasteiger partial charge < -0.3 is 48.8 Å². The number of Topliss-reactive ketones (excluding diaryl/α,β-unsaturated/α-hetero) is 2. The largest absolute Gasteiger partial charge is 0.483 e. The third kappa shape index (κ3) is 6.10. The van der Waals surface area contributed by atoms with Crippen LogP contribution in [0.5, 0.6) is 5.75 Å². The molecule has 9 heterocycles. The van der Waals surface area contributed by atoms with Crippen LogP contribution in [0.4, 0.5) is 11.6 Å². The van der Waals surface area contributed by atoms with Gasteiger partial charge in [-0.15, -0.1) is 0 Å². The third-order valence-electron chi connectivity index (χ3n) is 14.5. The molecule has 2 aliphatic carbocycles. The van der Waals surface area contributed by atoms with Crippen LogP contribution in [0, 0.1) is 10.8 Å². The molecule has 4 unspecified atom stereocenters. The fourth-order valence-corrected chi connectivity index (χ4v) is 11.8. The Morgan fingerprint density at radius 2 is 1.27 bits per heavy atom. The smallest absolute Gasteiger partial charge is 0.226 e. The predicted octanol–water partition coefficient (Wildman–Crippen LogP) is 2.87. The summed E-state index contributed by atoms with van der Waals surface area (Å²) < 4.78 is 34.5. The maximum atomic E-state index is 14.1. The number of carbonyl (C=O) groups is 2. The van der Waals surface area contributed by atoms with Crippen LogP contribution in [0.2, 0.25) is 10.6 Å². The molecule has 0 bridgehead atoms. The van der Waals surface area contributed by atoms with E-state index in [1.54, 1.807) is 33.7 Å². The standard InChI is InChI=1S/C45H42Cl2N10O10/c1-43(2)66-30-26(13-59)65-40(32(30)67-43)57-19-49-28-36(51-42(47)53-38(28)57)55-16-45(17-55)11-21-9-22(7-8-24(21)34(45)62)63-31-29(60)25(12-58)64-39(31)56-18-48-27-35(50-41(46)52-37(27)56)54-14-44(15-54)10-20-5-3-4-6-23(20)33(44)61/h3-9,18-19,25-26,29-32,39-40,58-60H,10-17H2,1-2H3/t25-,26-,29?,30?,31?,32?,39-,40-/m1/s1. The van der Waals surface area contributed by atoms with E-state index in [0.29, 0.717) is 84.3 Å². The second kappa shape index (κ2) is 14.5. The van der Waals surface area contributed by atoms with Gasteiger partial charge in [-0.25, -0.2) is 9.97 Å². The second-order valence-corrected chi connectivity index (χ2v) is 19.9. The van der Waals surface area contributed by atoms with Gasteiger partial charge in [-0.2, -0.15) is 19.9 Å². The van der Waals surface area contributed by atoms with E-state index >= 15 is 0 Å². The van der Waals surface area contributed by atoms with Crippen molar-refractivity contribution < 1.29 is 48.6 Å². The molecule has 0 radical (unpaired) electrons. The van der Waals surface area contributed by atoms with Gasteiger partial charge in [-0.05, 0) is 79.2 Å². The van der Waals surface area contributed by atoms with E-state index in [1.165, 1.54) is 6.33 Å². The van der Waals surface area contributed by atoms with E-state index in [9.17, 15) is 24.9 Å². The molecule has 13 rings (SSSR count). The Hall–Kier alpha value is -5.42. The molecule has 7 aliphatic rings. The summed E-state index contributed by atoms with van der Waals surface area (Å²) in [5.41, 5.74) is 3.47. The lowest BCUT2D eigenvalue weighted by atomic mass is 9.76. The van der Waals surface area contributed by atoms with Crippen LogP contribution in [0.25, 0.3) is 22.3 Å². The number of aliphatic hydroxyl groups excluding tert-OH is 3. The molecule has 3 N–H and O–H groups in total. The lowest BCUT2D eigenvalue weighted by molar-refractivity contribution is -0.199. The Morgan fingerprint density at radius 1 is 0.716 bits per heavy atom. The number of ether oxygens (including phenoxy) is 5. The van der Waals surface area contributed by atoms with Crippen molar-refractivity contribution in [3.8, 4) is 5.75 Å². The number of carbonyl (C=O) groups excluding carboxylic acids is 2. The molecular weight excluding hydrogens is 911 g/mol. The van der Waals surface area contributed by atoms with Crippen LogP contribution >= 0.6 is 23.2 Å². The van der Waals surface area contributed by atoms with Gasteiger partial charge >= 0.3 is 0 Å². The highest BCUT2D eigenvalue weighted by molar-refractivity contribution is 6.29. The first-order valence-corrected chi connectivity index (χ1v) is 22.8. The molecule has 8 atom stereocenters. The van der Waals surface area contributed by atoms with Gasteiger partial charge in [0.15, 0.2) is 69.9 Å². The summed E-state index contributed by atoms with van der Waals surface area (Å²) in [5.74, 6) is 0.564. The number of ketones is 2. The topological polar surface area (TPSA) is 235 Å². The van der Waals surface area contributed by atoms with Crippen LogP contribution in [-0.4, -0.2) is 148 Å². The van der Waals surface area contributed by atoms with Gasteiger partial charge in [-0.1, -0.05) is 24.3 Å². The Kier molecular flexibility index (Phi) is 9.06. The van der Waals surface area contributed by atoms with Crippen LogP contribution in [-0.2, 0) is 31.8 Å². The van der Waals surface area contributed by atoms with E-state index in [2.05, 4.69) is 29.9 Å². The first kappa shape index (κ1) is 41.7. The van der Waals surface area contributed by atoms with Crippen molar-refractivity contribution in [2.24, 2.45) is 10.8 Å². The van der Waals surface area contributed by atoms with Gasteiger partial charge in [0.25, 0.3) is 0 Å². The van der Waals surface area contributed by atoms with E-state index in [1.807, 2.05) is 47.9 Å². The van der Waals surface area contributed by atoms with Crippen molar-refractivity contribution in [2.45, 2.75) is 81.6 Å². The molecule has 0 amide bonds. The van der Waals surface area contributed by atoms with Crippen LogP contribution in [0.3, 0.4) is 0 Å². The maximum Gasteiger partial charge on any atom is 0.226 e. The first-order valence-electron chi connectivity index (χ1n) is 22.1. The second-order valence-electron chi connectivity index (χ2n) is 19.2. The minimum Gasteiger partial charge on any atom is -0.483 e. The van der Waals surface area contributed by atoms with E-state index in [0.717, 1.165) is 16.7 Å². The number of halogens is 2. The molecule has 0 saturated carbocycles. The molecular formula is C45H42Cl2N10O10. The number of hydrogen-bond donors (Lipinski definition) is 3. The molecule has 5 aliphatic heterocycles. The summed E-state index contributed by atoms with van der Waals surface area (Å²) in [5, 5.41) is 31.8. The Balaban J connectivity index is 0.735. The Labute approximate surface area is 390 Å². The number of benzene rings is 2. The van der Waals surface area contributed by atoms with Gasteiger partial charge in [0.1, 0.15) is 36.3 Å². The van der Waals surface area contributed by atoms with Gasteiger partial charge in [0.2, 0.25) is 10.6 Å². The number of rotatable bonds is 8. The molecule has 5 saturated heterocycles. The fraction of sp³-hybridized carbons (Fsp3) is 0.467. The number of aromatic nitrogens is 8. The summed E-state index contributed by atoms with van der Waals surface area (Å²) in [6, 6.07) is 12.9. The summed E-state index contributed by atoms with van der Waals surface area (Å²) in [7, 11) is 0. The van der Waals surface area contributed by atoms with E-state index in [4.69, 9.17) is 46.9 Å². The van der Waals surface area contributed by atoms with Gasteiger partial charge in [-0.3, -0.25) is 18.7 Å². The number of nitrogens with zero attached hydrogens (tertiary/aromatic N) is 10. The lowest BCUT2D eigenvalue weighted by Gasteiger charge is -2.47. The molecule has 2 spiro atoms. The molecule has 6 aromatic rings. The predicted molar refractivity (Wildman–Crippen MR) is 235 cm³/mol. The molecule has 346 valence electrons. The summed E-state index contributed by atoms with van der Waals surface area (Å²) in [6.07, 6.45) is -2.50. The number of hydrogen-bond acceptors (Lipinski definition) is 18. The first-order chi connectivity index (χ1) is 32.3. The summed E-state index contributed by atoms with van der Waals surface area (Å²) >= 11 is 13.1. The van der Waals surface area contributed by atoms with Gasteiger partial charge in [0, 0.05) is 37.3 Å². The molecule has 20 nitrogen and oxygen atoms in total. The van der Waals surface area contributed by atoms with Crippen molar-refractivity contribution >= 4 is 68.7 Å². The minimum absolute atomic E-state index is 0.0108. The lowest BCUT2D eigenvalue weighted by Crippen LogP contribution is -2.60. The zero-order chi connectivity index (χ0) is 45.9. The number of anilines is 2. The van der Waals surface area contributed by atoms with Crippen LogP contribution in [0.15, 0.2) is 55.1 Å². The average Bonchev–Trinajstić information content (AvgIpc) is 4.15. The zero-order valence-electron chi connectivity index (χ0n) is 35.9. The van der Waals surface area contributed by atoms with E-state index < -0.39 is 72.3 Å². The molecule has 2 aromatic carbocycles. The minimum atomic E-state index is -1.26. The van der Waals surface area contributed by atoms with E-state index in [-0.39, 0.29) is 28.7 Å². The highest BCUT2D eigenvalue weighted by atomic mass is 35.5. The third-order valence-corrected chi connectivity index (χ3v) is 14.9. The number of imidazole rings is 2. The van der Waals surface area contributed by atoms with Crippen molar-refractivity contribution in [1.29, 1.82) is 0 Å². The summed E-state index contributed by atoms with van der Waals surface area (Å²) in [4.78, 5) is 59.0. The molecule has 67 heavy (non-hydrogen) atoms. The molecule has 4 aromatic heterocycles. The van der Waals surface area contributed by atoms with Crippen molar-refractivity contribution in [2.75, 3.05) is 49.2 Å². The van der Waals surface area contributed by atoms with Gasteiger partial charge in [0.05, 0.1) is 36.7 Å². The fourth-order valence-electron chi connectivity index (χ4n) is 11.5. The number of fused-ring (bicyclic) bond motifs is 5. The Morgan fingerprint density at radius 3 is 1.88 bits per heavy atom.